The van der Waals surface area contributed by atoms with Crippen molar-refractivity contribution in [1.82, 2.24) is 4.90 Å². The van der Waals surface area contributed by atoms with Gasteiger partial charge in [0.1, 0.15) is 0 Å². The van der Waals surface area contributed by atoms with E-state index >= 15 is 0 Å². The second-order valence-corrected chi connectivity index (χ2v) is 6.04. The third-order valence-corrected chi connectivity index (χ3v) is 4.27. The van der Waals surface area contributed by atoms with Gasteiger partial charge in [0.25, 0.3) is 0 Å². The summed E-state index contributed by atoms with van der Waals surface area (Å²) in [5, 5.41) is 0. The molecule has 1 aliphatic heterocycles. The summed E-state index contributed by atoms with van der Waals surface area (Å²) in [4.78, 5) is 14.0. The minimum absolute atomic E-state index is 0.379. The third kappa shape index (κ3) is 4.36. The smallest absolute Gasteiger partial charge is 0.222 e. The maximum absolute atomic E-state index is 11.9. The number of carbonyl (C=O) groups is 1. The first-order valence-electron chi connectivity index (χ1n) is 6.42. The van der Waals surface area contributed by atoms with Gasteiger partial charge in [-0.05, 0) is 43.1 Å². The van der Waals surface area contributed by atoms with Crippen LogP contribution in [-0.4, -0.2) is 35.9 Å². The molecule has 1 heterocycles. The van der Waals surface area contributed by atoms with Crippen molar-refractivity contribution in [2.75, 3.05) is 25.1 Å². The van der Waals surface area contributed by atoms with Gasteiger partial charge >= 0.3 is 0 Å². The molecule has 0 aromatic carbocycles. The van der Waals surface area contributed by atoms with E-state index in [0.717, 1.165) is 49.9 Å². The Kier molecular flexibility index (Phi) is 6.25. The van der Waals surface area contributed by atoms with Crippen LogP contribution in [-0.2, 0) is 4.79 Å². The largest absolute Gasteiger partial charge is 0.343 e. The van der Waals surface area contributed by atoms with E-state index in [1.807, 2.05) is 11.8 Å². The fraction of sp³-hybridized carbons (Fsp3) is 0.923. The van der Waals surface area contributed by atoms with Crippen molar-refractivity contribution in [3.63, 3.8) is 0 Å². The lowest BCUT2D eigenvalue weighted by Crippen LogP contribution is -2.31. The first-order valence-corrected chi connectivity index (χ1v) is 7.81. The van der Waals surface area contributed by atoms with Gasteiger partial charge in [-0.2, -0.15) is 11.8 Å². The highest BCUT2D eigenvalue weighted by Gasteiger charge is 2.23. The zero-order valence-corrected chi connectivity index (χ0v) is 11.7. The number of thioether (sulfide) groups is 1. The van der Waals surface area contributed by atoms with Crippen LogP contribution in [0.25, 0.3) is 0 Å². The summed E-state index contributed by atoms with van der Waals surface area (Å²) in [6.07, 6.45) is 6.32. The molecule has 1 aliphatic rings. The molecule has 1 amide bonds. The van der Waals surface area contributed by atoms with Gasteiger partial charge in [0, 0.05) is 19.5 Å². The van der Waals surface area contributed by atoms with E-state index < -0.39 is 0 Å². The van der Waals surface area contributed by atoms with Gasteiger partial charge in [0.2, 0.25) is 5.91 Å². The minimum Gasteiger partial charge on any atom is -0.343 e. The van der Waals surface area contributed by atoms with Gasteiger partial charge in [0.15, 0.2) is 0 Å². The highest BCUT2D eigenvalue weighted by atomic mass is 32.2. The standard InChI is InChI=1S/C13H25NOS/c1-11(2)12-5-6-13(15)14(9-7-12)8-4-10-16-3/h11-12H,4-10H2,1-3H3. The van der Waals surface area contributed by atoms with Crippen LogP contribution in [0.15, 0.2) is 0 Å². The fourth-order valence-corrected chi connectivity index (χ4v) is 2.78. The van der Waals surface area contributed by atoms with E-state index in [-0.39, 0.29) is 0 Å². The first kappa shape index (κ1) is 13.9. The Morgan fingerprint density at radius 1 is 1.44 bits per heavy atom. The summed E-state index contributed by atoms with van der Waals surface area (Å²) in [5.74, 6) is 3.01. The molecule has 0 radical (unpaired) electrons. The van der Waals surface area contributed by atoms with E-state index in [0.29, 0.717) is 5.91 Å². The molecule has 0 saturated carbocycles. The molecule has 3 heteroatoms. The zero-order valence-electron chi connectivity index (χ0n) is 10.9. The van der Waals surface area contributed by atoms with Crippen molar-refractivity contribution in [1.29, 1.82) is 0 Å². The van der Waals surface area contributed by atoms with Crippen molar-refractivity contribution in [2.24, 2.45) is 11.8 Å². The molecule has 1 rings (SSSR count). The average Bonchev–Trinajstić information content (AvgIpc) is 2.42. The van der Waals surface area contributed by atoms with Crippen LogP contribution in [0.3, 0.4) is 0 Å². The predicted molar refractivity (Wildman–Crippen MR) is 71.8 cm³/mol. The molecule has 94 valence electrons. The van der Waals surface area contributed by atoms with E-state index in [9.17, 15) is 4.79 Å². The van der Waals surface area contributed by atoms with Crippen molar-refractivity contribution < 1.29 is 4.79 Å². The molecule has 0 bridgehead atoms. The van der Waals surface area contributed by atoms with Crippen molar-refractivity contribution in [3.8, 4) is 0 Å². The van der Waals surface area contributed by atoms with E-state index in [4.69, 9.17) is 0 Å². The number of hydrogen-bond acceptors (Lipinski definition) is 2. The van der Waals surface area contributed by atoms with Crippen LogP contribution in [0.5, 0.6) is 0 Å². The molecule has 1 fully saturated rings. The number of rotatable bonds is 5. The van der Waals surface area contributed by atoms with Crippen LogP contribution in [0, 0.1) is 11.8 Å². The Labute approximate surface area is 104 Å². The number of carbonyl (C=O) groups excluding carboxylic acids is 1. The topological polar surface area (TPSA) is 20.3 Å². The summed E-state index contributed by atoms with van der Waals surface area (Å²) in [5.41, 5.74) is 0. The number of nitrogens with zero attached hydrogens (tertiary/aromatic N) is 1. The Hall–Kier alpha value is -0.180. The molecule has 1 saturated heterocycles. The fourth-order valence-electron chi connectivity index (χ4n) is 2.36. The van der Waals surface area contributed by atoms with Crippen LogP contribution < -0.4 is 0 Å². The maximum Gasteiger partial charge on any atom is 0.222 e. The summed E-state index contributed by atoms with van der Waals surface area (Å²) in [7, 11) is 0. The lowest BCUT2D eigenvalue weighted by atomic mass is 9.89. The summed E-state index contributed by atoms with van der Waals surface area (Å²) in [6.45, 7) is 6.50. The number of amides is 1. The molecule has 0 N–H and O–H groups in total. The van der Waals surface area contributed by atoms with Crippen molar-refractivity contribution in [3.05, 3.63) is 0 Å². The lowest BCUT2D eigenvalue weighted by Gasteiger charge is -2.21. The molecule has 0 aliphatic carbocycles. The summed E-state index contributed by atoms with van der Waals surface area (Å²) < 4.78 is 0. The van der Waals surface area contributed by atoms with E-state index in [1.54, 1.807) is 0 Å². The quantitative estimate of drug-likeness (QED) is 0.692. The summed E-state index contributed by atoms with van der Waals surface area (Å²) >= 11 is 1.86. The second kappa shape index (κ2) is 7.21. The van der Waals surface area contributed by atoms with E-state index in [1.165, 1.54) is 6.42 Å². The van der Waals surface area contributed by atoms with Crippen molar-refractivity contribution >= 4 is 17.7 Å². The van der Waals surface area contributed by atoms with Gasteiger partial charge < -0.3 is 4.90 Å². The highest BCUT2D eigenvalue weighted by molar-refractivity contribution is 7.98. The van der Waals surface area contributed by atoms with Gasteiger partial charge in [-0.25, -0.2) is 0 Å². The zero-order chi connectivity index (χ0) is 12.0. The van der Waals surface area contributed by atoms with Gasteiger partial charge in [0.05, 0.1) is 0 Å². The molecule has 1 atom stereocenters. The maximum atomic E-state index is 11.9. The molecule has 1 unspecified atom stereocenters. The monoisotopic (exact) mass is 243 g/mol. The van der Waals surface area contributed by atoms with Crippen molar-refractivity contribution in [2.45, 2.75) is 39.5 Å². The van der Waals surface area contributed by atoms with Gasteiger partial charge in [-0.15, -0.1) is 0 Å². The predicted octanol–water partition coefficient (Wildman–Crippen LogP) is 3.02. The Morgan fingerprint density at radius 3 is 2.81 bits per heavy atom. The SMILES string of the molecule is CSCCCN1CCC(C(C)C)CCC1=O. The third-order valence-electron chi connectivity index (χ3n) is 3.57. The Balaban J connectivity index is 2.38. The molecular formula is C13H25NOS. The number of hydrogen-bond donors (Lipinski definition) is 0. The van der Waals surface area contributed by atoms with Crippen LogP contribution in [0.1, 0.15) is 39.5 Å². The van der Waals surface area contributed by atoms with Crippen LogP contribution in [0.4, 0.5) is 0 Å². The number of likely N-dealkylation sites (tertiary alicyclic amines) is 1. The molecule has 16 heavy (non-hydrogen) atoms. The molecule has 0 aromatic rings. The Morgan fingerprint density at radius 2 is 2.19 bits per heavy atom. The van der Waals surface area contributed by atoms with E-state index in [2.05, 4.69) is 25.0 Å². The van der Waals surface area contributed by atoms with Crippen LogP contribution in [0.2, 0.25) is 0 Å². The minimum atomic E-state index is 0.379. The van der Waals surface area contributed by atoms with Gasteiger partial charge in [-0.1, -0.05) is 13.8 Å². The first-order chi connectivity index (χ1) is 7.65. The highest BCUT2D eigenvalue weighted by Crippen LogP contribution is 2.25. The molecule has 2 nitrogen and oxygen atoms in total. The molecular weight excluding hydrogens is 218 g/mol. The average molecular weight is 243 g/mol. The molecule has 0 aromatic heterocycles. The Bertz CT molecular complexity index is 218. The van der Waals surface area contributed by atoms with Gasteiger partial charge in [-0.3, -0.25) is 4.79 Å². The van der Waals surface area contributed by atoms with Crippen LogP contribution >= 0.6 is 11.8 Å². The normalized spacial score (nSPS) is 22.6. The summed E-state index contributed by atoms with van der Waals surface area (Å²) in [6, 6.07) is 0. The second-order valence-electron chi connectivity index (χ2n) is 5.06. The lowest BCUT2D eigenvalue weighted by molar-refractivity contribution is -0.130. The molecule has 0 spiro atoms.